The fourth-order valence-electron chi connectivity index (χ4n) is 9.50. The summed E-state index contributed by atoms with van der Waals surface area (Å²) < 4.78 is 11.7. The number of rotatable bonds is 7. The summed E-state index contributed by atoms with van der Waals surface area (Å²) in [6.07, 6.45) is 12.7. The molecule has 6 heteroatoms. The van der Waals surface area contributed by atoms with Gasteiger partial charge in [0.15, 0.2) is 0 Å². The van der Waals surface area contributed by atoms with E-state index in [2.05, 4.69) is 53.7 Å². The van der Waals surface area contributed by atoms with E-state index in [1.54, 1.807) is 13.0 Å². The molecular weight excluding hydrogens is 504 g/mol. The Hall–Kier alpha value is -2.37. The van der Waals surface area contributed by atoms with Crippen molar-refractivity contribution < 1.29 is 29.0 Å². The summed E-state index contributed by atoms with van der Waals surface area (Å²) in [6.45, 7) is 18.6. The molecule has 0 spiro atoms. The molecule has 2 saturated carbocycles. The molecule has 222 valence electrons. The molecule has 8 atom stereocenters. The molecule has 0 aromatic rings. The van der Waals surface area contributed by atoms with E-state index < -0.39 is 5.97 Å². The van der Waals surface area contributed by atoms with Crippen molar-refractivity contribution >= 4 is 17.9 Å². The number of carboxylic acids is 1. The Bertz CT molecular complexity index is 1160. The molecule has 6 nitrogen and oxygen atoms in total. The first-order valence-electron chi connectivity index (χ1n) is 15.1. The van der Waals surface area contributed by atoms with Gasteiger partial charge in [0, 0.05) is 31.3 Å². The molecule has 0 saturated heterocycles. The quantitative estimate of drug-likeness (QED) is 0.260. The van der Waals surface area contributed by atoms with Crippen molar-refractivity contribution in [2.45, 2.75) is 119 Å². The molecule has 4 aliphatic carbocycles. The first-order chi connectivity index (χ1) is 18.5. The standard InChI is InChI=1S/C34H50O6/c1-20(30(37)38)10-12-27(39-22(3)35)21(2)24-14-18-34(9)26-11-13-28-31(5,6)29(40-23(4)36)16-17-32(28,7)25(26)15-19-33(24,34)8/h10-11,15,21,24,27-29H,12-14,16-19H2,1-9H3,(H,37,38)/b20-10+/t21-,24+,27-,28?,29+,32+,33+,34-/m0/s1. The van der Waals surface area contributed by atoms with Crippen LogP contribution in [-0.2, 0) is 23.9 Å². The lowest BCUT2D eigenvalue weighted by atomic mass is 9.44. The monoisotopic (exact) mass is 554 g/mol. The topological polar surface area (TPSA) is 89.9 Å². The summed E-state index contributed by atoms with van der Waals surface area (Å²) in [4.78, 5) is 35.3. The van der Waals surface area contributed by atoms with Gasteiger partial charge in [0.1, 0.15) is 12.2 Å². The van der Waals surface area contributed by atoms with Crippen LogP contribution in [-0.4, -0.2) is 35.2 Å². The maximum Gasteiger partial charge on any atom is 0.330 e. The molecule has 0 aromatic carbocycles. The van der Waals surface area contributed by atoms with E-state index in [4.69, 9.17) is 9.47 Å². The van der Waals surface area contributed by atoms with E-state index in [0.717, 1.165) is 38.5 Å². The van der Waals surface area contributed by atoms with Crippen LogP contribution in [0.2, 0.25) is 0 Å². The number of aliphatic carboxylic acids is 1. The number of hydrogen-bond acceptors (Lipinski definition) is 5. The van der Waals surface area contributed by atoms with Gasteiger partial charge in [0.25, 0.3) is 0 Å². The van der Waals surface area contributed by atoms with Crippen LogP contribution in [0.4, 0.5) is 0 Å². The number of hydrogen-bond donors (Lipinski definition) is 1. The maximum absolute atomic E-state index is 12.1. The summed E-state index contributed by atoms with van der Waals surface area (Å²) in [5, 5.41) is 9.34. The van der Waals surface area contributed by atoms with Gasteiger partial charge in [0.05, 0.1) is 0 Å². The Kier molecular flexibility index (Phi) is 8.01. The third-order valence-electron chi connectivity index (χ3n) is 12.1. The van der Waals surface area contributed by atoms with E-state index >= 15 is 0 Å². The number of allylic oxidation sites excluding steroid dienone is 4. The molecule has 1 N–H and O–H groups in total. The zero-order valence-electron chi connectivity index (χ0n) is 26.1. The van der Waals surface area contributed by atoms with Crippen molar-refractivity contribution in [3.05, 3.63) is 34.9 Å². The number of carbonyl (C=O) groups is 3. The second kappa shape index (κ2) is 10.5. The lowest BCUT2D eigenvalue weighted by molar-refractivity contribution is -0.165. The summed E-state index contributed by atoms with van der Waals surface area (Å²) in [7, 11) is 0. The van der Waals surface area contributed by atoms with Crippen LogP contribution < -0.4 is 0 Å². The minimum absolute atomic E-state index is 0.000631. The summed E-state index contributed by atoms with van der Waals surface area (Å²) in [5.41, 5.74) is 3.21. The Labute approximate surface area is 240 Å². The van der Waals surface area contributed by atoms with E-state index in [1.807, 2.05) is 0 Å². The minimum Gasteiger partial charge on any atom is -0.478 e. The van der Waals surface area contributed by atoms with Crippen LogP contribution in [0.15, 0.2) is 34.9 Å². The van der Waals surface area contributed by atoms with Crippen molar-refractivity contribution in [1.29, 1.82) is 0 Å². The Morgan fingerprint density at radius 2 is 1.68 bits per heavy atom. The zero-order valence-corrected chi connectivity index (χ0v) is 26.1. The Balaban J connectivity index is 1.66. The number of fused-ring (bicyclic) bond motifs is 5. The molecule has 0 bridgehead atoms. The predicted molar refractivity (Wildman–Crippen MR) is 155 cm³/mol. The number of carboxylic acid groups (broad SMARTS) is 1. The van der Waals surface area contributed by atoms with E-state index in [1.165, 1.54) is 25.0 Å². The molecule has 2 fully saturated rings. The number of carbonyl (C=O) groups excluding carboxylic acids is 2. The van der Waals surface area contributed by atoms with E-state index in [9.17, 15) is 19.5 Å². The van der Waals surface area contributed by atoms with Crippen molar-refractivity contribution in [3.8, 4) is 0 Å². The predicted octanol–water partition coefficient (Wildman–Crippen LogP) is 7.43. The Morgan fingerprint density at radius 1 is 1.00 bits per heavy atom. The molecule has 0 amide bonds. The van der Waals surface area contributed by atoms with Crippen molar-refractivity contribution in [1.82, 2.24) is 0 Å². The van der Waals surface area contributed by atoms with Gasteiger partial charge in [-0.2, -0.15) is 0 Å². The second-order valence-corrected chi connectivity index (χ2v) is 14.4. The van der Waals surface area contributed by atoms with Crippen LogP contribution in [0, 0.1) is 39.4 Å². The molecule has 0 aliphatic heterocycles. The highest BCUT2D eigenvalue weighted by atomic mass is 16.5. The molecular formula is C34H50O6. The van der Waals surface area contributed by atoms with Gasteiger partial charge in [-0.05, 0) is 90.6 Å². The van der Waals surface area contributed by atoms with Gasteiger partial charge in [0.2, 0.25) is 0 Å². The van der Waals surface area contributed by atoms with Crippen LogP contribution in [0.5, 0.6) is 0 Å². The number of ether oxygens (including phenoxy) is 2. The van der Waals surface area contributed by atoms with Crippen molar-refractivity contribution in [2.24, 2.45) is 39.4 Å². The van der Waals surface area contributed by atoms with Crippen LogP contribution >= 0.6 is 0 Å². The highest BCUT2D eigenvalue weighted by Gasteiger charge is 2.63. The fourth-order valence-corrected chi connectivity index (χ4v) is 9.50. The van der Waals surface area contributed by atoms with Crippen LogP contribution in [0.1, 0.15) is 107 Å². The highest BCUT2D eigenvalue weighted by molar-refractivity contribution is 5.85. The van der Waals surface area contributed by atoms with Gasteiger partial charge < -0.3 is 14.6 Å². The molecule has 0 aromatic heterocycles. The fraction of sp³-hybridized carbons (Fsp3) is 0.735. The zero-order chi connectivity index (χ0) is 29.8. The van der Waals surface area contributed by atoms with Gasteiger partial charge >= 0.3 is 17.9 Å². The average molecular weight is 555 g/mol. The lowest BCUT2D eigenvalue weighted by Crippen LogP contribution is -2.55. The van der Waals surface area contributed by atoms with Crippen molar-refractivity contribution in [2.75, 3.05) is 0 Å². The van der Waals surface area contributed by atoms with E-state index in [0.29, 0.717) is 18.3 Å². The molecule has 0 radical (unpaired) electrons. The SMILES string of the molecule is CC(=O)O[C@@H](C/C=C(\C)C(=O)O)[C@@H](C)[C@H]1CC[C@@]2(C)C3=CCC4C(C)(C)[C@H](OC(C)=O)CC[C@]4(C)C3=CC[C@]12C. The summed E-state index contributed by atoms with van der Waals surface area (Å²) in [6, 6.07) is 0. The van der Waals surface area contributed by atoms with Crippen LogP contribution in [0.3, 0.4) is 0 Å². The molecule has 0 heterocycles. The first-order valence-corrected chi connectivity index (χ1v) is 15.1. The van der Waals surface area contributed by atoms with Crippen molar-refractivity contribution in [3.63, 3.8) is 0 Å². The van der Waals surface area contributed by atoms with Gasteiger partial charge in [-0.1, -0.05) is 59.8 Å². The smallest absolute Gasteiger partial charge is 0.330 e. The largest absolute Gasteiger partial charge is 0.478 e. The van der Waals surface area contributed by atoms with Crippen LogP contribution in [0.25, 0.3) is 0 Å². The average Bonchev–Trinajstić information content (AvgIpc) is 3.13. The third kappa shape index (κ3) is 4.77. The normalized spacial score (nSPS) is 38.0. The first kappa shape index (κ1) is 30.6. The second-order valence-electron chi connectivity index (χ2n) is 14.4. The Morgan fingerprint density at radius 3 is 2.27 bits per heavy atom. The minimum atomic E-state index is -0.944. The lowest BCUT2D eigenvalue weighted by Gasteiger charge is -2.61. The number of esters is 2. The molecule has 40 heavy (non-hydrogen) atoms. The molecule has 1 unspecified atom stereocenters. The summed E-state index contributed by atoms with van der Waals surface area (Å²) in [5.74, 6) is -0.637. The molecule has 4 rings (SSSR count). The van der Waals surface area contributed by atoms with Gasteiger partial charge in [-0.25, -0.2) is 4.79 Å². The maximum atomic E-state index is 12.1. The third-order valence-corrected chi connectivity index (χ3v) is 12.1. The van der Waals surface area contributed by atoms with Gasteiger partial charge in [-0.3, -0.25) is 9.59 Å². The van der Waals surface area contributed by atoms with Gasteiger partial charge in [-0.15, -0.1) is 0 Å². The molecule has 4 aliphatic rings. The van der Waals surface area contributed by atoms with E-state index in [-0.39, 0.29) is 57.3 Å². The highest BCUT2D eigenvalue weighted by Crippen LogP contribution is 2.72. The summed E-state index contributed by atoms with van der Waals surface area (Å²) >= 11 is 0.